The Morgan fingerprint density at radius 2 is 1.31 bits per heavy atom. The average molecular weight is 475 g/mol. The zero-order chi connectivity index (χ0) is 28.6. The van der Waals surface area contributed by atoms with Crippen LogP contribution in [0.4, 0.5) is 0 Å². The molecule has 0 bridgehead atoms. The van der Waals surface area contributed by atoms with Gasteiger partial charge in [0.15, 0.2) is 0 Å². The molecule has 4 nitrogen and oxygen atoms in total. The van der Waals surface area contributed by atoms with Crippen LogP contribution >= 0.6 is 0 Å². The van der Waals surface area contributed by atoms with E-state index in [4.69, 9.17) is 16.8 Å². The lowest BCUT2D eigenvalue weighted by atomic mass is 10.2. The Bertz CT molecular complexity index is 1300. The molecule has 3 rings (SSSR count). The molecule has 0 atom stereocenters. The zero-order valence-electron chi connectivity index (χ0n) is 24.6. The normalized spacial score (nSPS) is 16.8. The third kappa shape index (κ3) is 5.38. The number of aryl methyl sites for hydroxylation is 1. The molecular formula is C26H32O4SSi. The molecule has 0 heterocycles. The van der Waals surface area contributed by atoms with Crippen molar-refractivity contribution in [2.24, 2.45) is 0 Å². The predicted molar refractivity (Wildman–Crippen MR) is 133 cm³/mol. The van der Waals surface area contributed by atoms with Gasteiger partial charge in [-0.2, -0.15) is 8.42 Å². The fraction of sp³-hybridized carbons (Fsp3) is 0.308. The third-order valence-electron chi connectivity index (χ3n) is 5.18. The lowest BCUT2D eigenvalue weighted by Gasteiger charge is -2.43. The maximum atomic E-state index is 12.8. The standard InChI is InChI=1S/C26H32O4SSi/c1-22-16-18-23(19-17-22)31(27,28)29-20-11-21-30-32(26(2,3)4,24-12-7-5-8-13-24)25-14-9-6-10-15-25/h5-10,12-19H,11,20-21H2,1-4H3/i11D2,20D2,21D2. The summed E-state index contributed by atoms with van der Waals surface area (Å²) in [5, 5.41) is 0.542. The third-order valence-corrected chi connectivity index (χ3v) is 11.1. The molecule has 0 aliphatic heterocycles. The molecule has 170 valence electrons. The fourth-order valence-electron chi connectivity index (χ4n) is 3.60. The second-order valence-corrected chi connectivity index (χ2v) is 14.2. The Hall–Kier alpha value is -2.25. The van der Waals surface area contributed by atoms with Crippen LogP contribution in [0.2, 0.25) is 5.04 Å². The highest BCUT2D eigenvalue weighted by Gasteiger charge is 2.49. The van der Waals surface area contributed by atoms with E-state index in [1.165, 1.54) is 24.3 Å². The molecule has 3 aromatic rings. The van der Waals surface area contributed by atoms with Gasteiger partial charge in [-0.25, -0.2) is 0 Å². The molecule has 0 N–H and O–H groups in total. The van der Waals surface area contributed by atoms with E-state index < -0.39 is 43.0 Å². The predicted octanol–water partition coefficient (Wildman–Crippen LogP) is 4.67. The van der Waals surface area contributed by atoms with Crippen molar-refractivity contribution >= 4 is 28.8 Å². The molecule has 6 heteroatoms. The molecule has 0 radical (unpaired) electrons. The first-order valence-electron chi connectivity index (χ1n) is 13.2. The van der Waals surface area contributed by atoms with E-state index in [1.54, 1.807) is 67.6 Å². The maximum absolute atomic E-state index is 12.8. The van der Waals surface area contributed by atoms with Gasteiger partial charge in [0.05, 0.1) is 16.9 Å². The zero-order valence-corrected chi connectivity index (χ0v) is 20.4. The summed E-state index contributed by atoms with van der Waals surface area (Å²) in [6.07, 6.45) is -3.56. The minimum absolute atomic E-state index is 0.378. The van der Waals surface area contributed by atoms with Crippen molar-refractivity contribution in [2.75, 3.05) is 13.1 Å². The summed E-state index contributed by atoms with van der Waals surface area (Å²) in [7, 11) is -8.47. The van der Waals surface area contributed by atoms with Crippen LogP contribution in [-0.4, -0.2) is 29.9 Å². The highest BCUT2D eigenvalue weighted by Crippen LogP contribution is 2.36. The molecular weight excluding hydrogens is 436 g/mol. The van der Waals surface area contributed by atoms with Crippen LogP contribution in [0, 0.1) is 6.92 Å². The molecule has 0 aromatic heterocycles. The quantitative estimate of drug-likeness (QED) is 0.334. The first-order chi connectivity index (χ1) is 17.4. The summed E-state index contributed by atoms with van der Waals surface area (Å²) in [5.41, 5.74) is 0.761. The van der Waals surface area contributed by atoms with E-state index in [9.17, 15) is 8.42 Å². The Balaban J connectivity index is 2.13. The summed E-state index contributed by atoms with van der Waals surface area (Å²) < 4.78 is 87.8. The molecule has 3 aromatic carbocycles. The van der Waals surface area contributed by atoms with Crippen LogP contribution in [0.3, 0.4) is 0 Å². The van der Waals surface area contributed by atoms with Gasteiger partial charge < -0.3 is 4.43 Å². The minimum Gasteiger partial charge on any atom is -0.407 e. The van der Waals surface area contributed by atoms with Crippen molar-refractivity contribution in [1.29, 1.82) is 0 Å². The number of hydrogen-bond acceptors (Lipinski definition) is 4. The highest BCUT2D eigenvalue weighted by atomic mass is 32.2. The highest BCUT2D eigenvalue weighted by molar-refractivity contribution is 7.86. The second kappa shape index (κ2) is 10.1. The Morgan fingerprint density at radius 1 is 0.812 bits per heavy atom. The lowest BCUT2D eigenvalue weighted by molar-refractivity contribution is 0.241. The van der Waals surface area contributed by atoms with Gasteiger partial charge in [-0.15, -0.1) is 0 Å². The number of rotatable bonds is 9. The number of benzene rings is 3. The first kappa shape index (κ1) is 17.3. The molecule has 0 aliphatic carbocycles. The van der Waals surface area contributed by atoms with Crippen molar-refractivity contribution in [1.82, 2.24) is 0 Å². The maximum Gasteiger partial charge on any atom is 0.296 e. The van der Waals surface area contributed by atoms with E-state index in [-0.39, 0.29) is 4.90 Å². The second-order valence-electron chi connectivity index (χ2n) is 8.44. The van der Waals surface area contributed by atoms with E-state index in [0.29, 0.717) is 10.4 Å². The molecule has 32 heavy (non-hydrogen) atoms. The fourth-order valence-corrected chi connectivity index (χ4v) is 8.45. The summed E-state index contributed by atoms with van der Waals surface area (Å²) in [4.78, 5) is -0.378. The van der Waals surface area contributed by atoms with Gasteiger partial charge in [-0.3, -0.25) is 4.18 Å². The summed E-state index contributed by atoms with van der Waals surface area (Å²) in [6, 6.07) is 23.2. The smallest absolute Gasteiger partial charge is 0.296 e. The van der Waals surface area contributed by atoms with Gasteiger partial charge in [0.2, 0.25) is 0 Å². The van der Waals surface area contributed by atoms with Gasteiger partial charge in [0.25, 0.3) is 18.4 Å². The van der Waals surface area contributed by atoms with Gasteiger partial charge in [0.1, 0.15) is 0 Å². The van der Waals surface area contributed by atoms with Gasteiger partial charge >= 0.3 is 0 Å². The SMILES string of the molecule is [2H]C([2H])(O[Si](c1ccccc1)(c1ccccc1)C(C)(C)C)C([2H])([2H])C([2H])([2H])OS(=O)(=O)c1ccc(C)cc1. The Labute approximate surface area is 201 Å². The Kier molecular flexibility index (Phi) is 5.46. The van der Waals surface area contributed by atoms with Crippen LogP contribution in [-0.2, 0) is 18.7 Å². The molecule has 0 saturated heterocycles. The largest absolute Gasteiger partial charge is 0.407 e. The van der Waals surface area contributed by atoms with Crippen molar-refractivity contribution in [3.05, 3.63) is 90.5 Å². The van der Waals surface area contributed by atoms with Crippen LogP contribution < -0.4 is 10.4 Å². The number of hydrogen-bond donors (Lipinski definition) is 0. The van der Waals surface area contributed by atoms with E-state index in [0.717, 1.165) is 5.56 Å². The molecule has 0 amide bonds. The van der Waals surface area contributed by atoms with E-state index in [1.807, 2.05) is 20.8 Å². The van der Waals surface area contributed by atoms with Crippen LogP contribution in [0.5, 0.6) is 0 Å². The van der Waals surface area contributed by atoms with Crippen LogP contribution in [0.1, 0.15) is 40.9 Å². The topological polar surface area (TPSA) is 52.6 Å². The minimum atomic E-state index is -4.78. The van der Waals surface area contributed by atoms with Crippen molar-refractivity contribution < 1.29 is 25.3 Å². The average Bonchev–Trinajstić information content (AvgIpc) is 2.82. The van der Waals surface area contributed by atoms with Crippen molar-refractivity contribution in [3.8, 4) is 0 Å². The molecule has 0 spiro atoms. The summed E-state index contributed by atoms with van der Waals surface area (Å²) in [6.45, 7) is 0.357. The molecule has 0 aliphatic rings. The van der Waals surface area contributed by atoms with E-state index in [2.05, 4.69) is 0 Å². The molecule has 0 unspecified atom stereocenters. The summed E-state index contributed by atoms with van der Waals surface area (Å²) in [5.74, 6) is 0. The van der Waals surface area contributed by atoms with Gasteiger partial charge in [0, 0.05) is 9.30 Å². The Morgan fingerprint density at radius 3 is 1.78 bits per heavy atom. The summed E-state index contributed by atoms with van der Waals surface area (Å²) >= 11 is 0. The molecule has 0 fully saturated rings. The monoisotopic (exact) mass is 474 g/mol. The lowest BCUT2D eigenvalue weighted by Crippen LogP contribution is -2.66. The van der Waals surface area contributed by atoms with Crippen LogP contribution in [0.25, 0.3) is 0 Å². The van der Waals surface area contributed by atoms with Gasteiger partial charge in [-0.05, 0) is 40.8 Å². The van der Waals surface area contributed by atoms with Crippen LogP contribution in [0.15, 0.2) is 89.8 Å². The van der Waals surface area contributed by atoms with Gasteiger partial charge in [-0.1, -0.05) is 99.1 Å². The van der Waals surface area contributed by atoms with E-state index >= 15 is 0 Å². The molecule has 0 saturated carbocycles. The van der Waals surface area contributed by atoms with Crippen molar-refractivity contribution in [2.45, 2.75) is 44.0 Å². The first-order valence-corrected chi connectivity index (χ1v) is 13.5. The van der Waals surface area contributed by atoms with Crippen molar-refractivity contribution in [3.63, 3.8) is 0 Å².